The van der Waals surface area contributed by atoms with Crippen LogP contribution in [0.5, 0.6) is 46.0 Å². The molecule has 43 heavy (non-hydrogen) atoms. The molecule has 1 aliphatic heterocycles. The average molecular weight is 600 g/mol. The number of carbonyl (C=O) groups is 1. The minimum absolute atomic E-state index is 0.0243. The zero-order valence-electron chi connectivity index (χ0n) is 22.0. The van der Waals surface area contributed by atoms with Crippen molar-refractivity contribution in [3.8, 4) is 57.3 Å². The van der Waals surface area contributed by atoms with Crippen LogP contribution in [0.1, 0.15) is 10.4 Å². The van der Waals surface area contributed by atoms with Crippen molar-refractivity contribution in [1.29, 1.82) is 0 Å². The highest BCUT2D eigenvalue weighted by molar-refractivity contribution is 5.91. The summed E-state index contributed by atoms with van der Waals surface area (Å²) in [4.78, 5) is 26.6. The molecule has 5 rings (SSSR count). The van der Waals surface area contributed by atoms with Crippen LogP contribution >= 0.6 is 0 Å². The molecule has 226 valence electrons. The lowest BCUT2D eigenvalue weighted by atomic mass is 10.0. The summed E-state index contributed by atoms with van der Waals surface area (Å²) >= 11 is 0. The Hall–Kier alpha value is -5.38. The van der Waals surface area contributed by atoms with Gasteiger partial charge in [0.25, 0.3) is 0 Å². The van der Waals surface area contributed by atoms with E-state index in [1.54, 1.807) is 0 Å². The second kappa shape index (κ2) is 11.1. The highest BCUT2D eigenvalue weighted by Gasteiger charge is 2.44. The largest absolute Gasteiger partial charge is 0.508 e. The summed E-state index contributed by atoms with van der Waals surface area (Å²) in [6.45, 7) is -0.541. The molecule has 2 heterocycles. The molecular formula is C28H24O15. The molecular weight excluding hydrogens is 576 g/mol. The van der Waals surface area contributed by atoms with Crippen LogP contribution in [0.25, 0.3) is 22.3 Å². The van der Waals surface area contributed by atoms with Crippen LogP contribution in [0.2, 0.25) is 0 Å². The Labute approximate surface area is 240 Å². The Bertz CT molecular complexity index is 1780. The fourth-order valence-electron chi connectivity index (χ4n) is 4.40. The smallest absolute Gasteiger partial charge is 0.339 e. The first-order valence-corrected chi connectivity index (χ1v) is 12.4. The molecule has 4 unspecified atom stereocenters. The number of benzene rings is 3. The van der Waals surface area contributed by atoms with E-state index >= 15 is 0 Å². The SMILES string of the molecule is COc1cc(C(=O)OC2C(Oc3c(-c4ccc(O)c(O)c4)oc4cc(O)cc(O)c4c3=O)OCC(O)C2O)cc(O)c1O. The van der Waals surface area contributed by atoms with Crippen molar-refractivity contribution in [1.82, 2.24) is 0 Å². The van der Waals surface area contributed by atoms with Crippen molar-refractivity contribution >= 4 is 16.9 Å². The summed E-state index contributed by atoms with van der Waals surface area (Å²) in [5.41, 5.74) is -1.66. The Kier molecular flexibility index (Phi) is 7.54. The van der Waals surface area contributed by atoms with Crippen LogP contribution < -0.4 is 14.9 Å². The number of rotatable bonds is 6. The van der Waals surface area contributed by atoms with Crippen LogP contribution in [0.4, 0.5) is 0 Å². The molecule has 8 N–H and O–H groups in total. The molecule has 0 aliphatic carbocycles. The van der Waals surface area contributed by atoms with Crippen molar-refractivity contribution in [2.24, 2.45) is 0 Å². The third-order valence-electron chi connectivity index (χ3n) is 6.57. The third kappa shape index (κ3) is 5.34. The highest BCUT2D eigenvalue weighted by atomic mass is 16.7. The molecule has 15 nitrogen and oxygen atoms in total. The number of carbonyl (C=O) groups excluding carboxylic acids is 1. The van der Waals surface area contributed by atoms with E-state index in [1.165, 1.54) is 13.2 Å². The first-order valence-electron chi connectivity index (χ1n) is 12.4. The van der Waals surface area contributed by atoms with Gasteiger partial charge in [0, 0.05) is 17.7 Å². The summed E-state index contributed by atoms with van der Waals surface area (Å²) in [7, 11) is 1.17. The van der Waals surface area contributed by atoms with Gasteiger partial charge < -0.3 is 64.2 Å². The van der Waals surface area contributed by atoms with Crippen LogP contribution in [-0.2, 0) is 9.47 Å². The standard InChI is InChI=1S/C28H24O15/c1-39-19-6-11(5-16(33)21(19)35)27(38)42-26-22(36)17(34)9-40-28(26)43-25-23(37)20-15(32)7-12(29)8-18(20)41-24(25)10-2-3-13(30)14(31)4-10/h2-8,17,22,26,28-36H,9H2,1H3. The van der Waals surface area contributed by atoms with Gasteiger partial charge in [0.2, 0.25) is 23.2 Å². The number of fused-ring (bicyclic) bond motifs is 1. The number of hydrogen-bond donors (Lipinski definition) is 8. The number of aliphatic hydroxyl groups is 2. The van der Waals surface area contributed by atoms with Crippen LogP contribution in [0.3, 0.4) is 0 Å². The Morgan fingerprint density at radius 2 is 1.65 bits per heavy atom. The quantitative estimate of drug-likeness (QED) is 0.115. The number of methoxy groups -OCH3 is 1. The van der Waals surface area contributed by atoms with Crippen LogP contribution in [0.15, 0.2) is 51.7 Å². The summed E-state index contributed by atoms with van der Waals surface area (Å²) < 4.78 is 27.3. The minimum Gasteiger partial charge on any atom is -0.508 e. The number of aromatic hydroxyl groups is 6. The molecule has 15 heteroatoms. The lowest BCUT2D eigenvalue weighted by Gasteiger charge is -2.37. The first-order chi connectivity index (χ1) is 20.4. The molecule has 0 saturated carbocycles. The van der Waals surface area contributed by atoms with E-state index in [0.29, 0.717) is 0 Å². The van der Waals surface area contributed by atoms with Gasteiger partial charge in [-0.25, -0.2) is 4.79 Å². The van der Waals surface area contributed by atoms with Gasteiger partial charge in [0.1, 0.15) is 34.7 Å². The van der Waals surface area contributed by atoms with Gasteiger partial charge in [-0.1, -0.05) is 0 Å². The Morgan fingerprint density at radius 3 is 2.35 bits per heavy atom. The number of aliphatic hydroxyl groups excluding tert-OH is 2. The van der Waals surface area contributed by atoms with Gasteiger partial charge in [-0.05, 0) is 30.3 Å². The summed E-state index contributed by atoms with van der Waals surface area (Å²) in [5.74, 6) is -6.12. The first kappa shape index (κ1) is 29.1. The summed E-state index contributed by atoms with van der Waals surface area (Å²) in [6, 6.07) is 7.15. The van der Waals surface area contributed by atoms with Crippen molar-refractivity contribution in [3.05, 3.63) is 58.3 Å². The van der Waals surface area contributed by atoms with Gasteiger partial charge in [-0.3, -0.25) is 4.79 Å². The van der Waals surface area contributed by atoms with E-state index in [0.717, 1.165) is 36.4 Å². The lowest BCUT2D eigenvalue weighted by molar-refractivity contribution is -0.241. The van der Waals surface area contributed by atoms with Gasteiger partial charge in [-0.2, -0.15) is 0 Å². The second-order valence-electron chi connectivity index (χ2n) is 9.42. The maximum absolute atomic E-state index is 13.6. The molecule has 1 aromatic heterocycles. The van der Waals surface area contributed by atoms with E-state index in [2.05, 4.69) is 0 Å². The van der Waals surface area contributed by atoms with E-state index in [9.17, 15) is 50.4 Å². The van der Waals surface area contributed by atoms with Crippen LogP contribution in [-0.4, -0.2) is 85.1 Å². The number of hydrogen-bond acceptors (Lipinski definition) is 15. The monoisotopic (exact) mass is 600 g/mol. The molecule has 3 aromatic carbocycles. The van der Waals surface area contributed by atoms with Gasteiger partial charge in [-0.15, -0.1) is 0 Å². The molecule has 0 bridgehead atoms. The van der Waals surface area contributed by atoms with Crippen molar-refractivity contribution in [2.75, 3.05) is 13.7 Å². The van der Waals surface area contributed by atoms with Crippen LogP contribution in [0, 0.1) is 0 Å². The predicted octanol–water partition coefficient (Wildman–Crippen LogP) is 1.38. The zero-order chi connectivity index (χ0) is 31.2. The maximum atomic E-state index is 13.6. The Morgan fingerprint density at radius 1 is 0.907 bits per heavy atom. The molecule has 1 aliphatic rings. The van der Waals surface area contributed by atoms with Crippen molar-refractivity contribution in [3.63, 3.8) is 0 Å². The third-order valence-corrected chi connectivity index (χ3v) is 6.57. The second-order valence-corrected chi connectivity index (χ2v) is 9.42. The lowest BCUT2D eigenvalue weighted by Crippen LogP contribution is -2.56. The highest BCUT2D eigenvalue weighted by Crippen LogP contribution is 2.40. The number of phenols is 6. The van der Waals surface area contributed by atoms with E-state index in [1.807, 2.05) is 0 Å². The van der Waals surface area contributed by atoms with Crippen molar-refractivity contribution in [2.45, 2.75) is 24.6 Å². The Balaban J connectivity index is 1.59. The van der Waals surface area contributed by atoms with Gasteiger partial charge in [0.15, 0.2) is 34.9 Å². The van der Waals surface area contributed by atoms with E-state index < -0.39 is 88.2 Å². The fourth-order valence-corrected chi connectivity index (χ4v) is 4.40. The number of ether oxygens (including phenoxy) is 4. The fraction of sp³-hybridized carbons (Fsp3) is 0.214. The molecule has 0 spiro atoms. The van der Waals surface area contributed by atoms with Gasteiger partial charge >= 0.3 is 5.97 Å². The molecule has 0 radical (unpaired) electrons. The number of esters is 1. The zero-order valence-corrected chi connectivity index (χ0v) is 22.0. The maximum Gasteiger partial charge on any atom is 0.339 e. The van der Waals surface area contributed by atoms with E-state index in [4.69, 9.17) is 23.4 Å². The molecule has 0 amide bonds. The van der Waals surface area contributed by atoms with Crippen molar-refractivity contribution < 1.29 is 69.0 Å². The summed E-state index contributed by atoms with van der Waals surface area (Å²) in [5, 5.41) is 80.4. The molecule has 4 aromatic rings. The molecule has 4 atom stereocenters. The molecule has 1 saturated heterocycles. The number of phenolic OH excluding ortho intramolecular Hbond substituents is 6. The normalized spacial score (nSPS) is 20.1. The topological polar surface area (TPSA) is 246 Å². The van der Waals surface area contributed by atoms with E-state index in [-0.39, 0.29) is 28.2 Å². The average Bonchev–Trinajstić information content (AvgIpc) is 2.96. The summed E-state index contributed by atoms with van der Waals surface area (Å²) in [6.07, 6.45) is -7.01. The predicted molar refractivity (Wildman–Crippen MR) is 142 cm³/mol. The minimum atomic E-state index is -1.82. The van der Waals surface area contributed by atoms with Gasteiger partial charge in [0.05, 0.1) is 19.3 Å². The molecule has 1 fully saturated rings.